The van der Waals surface area contributed by atoms with Crippen LogP contribution < -0.4 is 0 Å². The molecule has 0 bridgehead atoms. The number of aliphatic hydroxyl groups is 3. The van der Waals surface area contributed by atoms with Gasteiger partial charge in [0.15, 0.2) is 6.10 Å². The smallest absolute Gasteiger partial charge is 0.170 e. The van der Waals surface area contributed by atoms with Crippen molar-refractivity contribution in [2.75, 3.05) is 0 Å². The largest absolute Gasteiger partial charge is 0.392 e. The number of hydrogen-bond donors (Lipinski definition) is 3. The molecule has 0 radical (unpaired) electrons. The predicted molar refractivity (Wildman–Crippen MR) is 54.0 cm³/mol. The molecule has 2 unspecified atom stereocenters. The fraction of sp³-hybridized carbons (Fsp3) is 0.300. The Morgan fingerprint density at radius 2 is 2.07 bits per heavy atom. The Kier molecular flexibility index (Phi) is 4.06. The van der Waals surface area contributed by atoms with Crippen molar-refractivity contribution in [3.8, 4) is 6.07 Å². The predicted octanol–water partition coefficient (Wildman–Crippen LogP) is 0.750. The van der Waals surface area contributed by atoms with E-state index in [0.717, 1.165) is 0 Å². The van der Waals surface area contributed by atoms with E-state index in [1.165, 1.54) is 24.3 Å². The first-order chi connectivity index (χ1) is 7.10. The van der Waals surface area contributed by atoms with Gasteiger partial charge in [-0.3, -0.25) is 0 Å². The average Bonchev–Trinajstić information content (AvgIpc) is 2.27. The minimum absolute atomic E-state index is 0.262. The van der Waals surface area contributed by atoms with E-state index < -0.39 is 12.2 Å². The summed E-state index contributed by atoms with van der Waals surface area (Å²) in [5.41, 5.74) is 0.788. The van der Waals surface area contributed by atoms with Crippen LogP contribution in [-0.2, 0) is 6.61 Å². The van der Waals surface area contributed by atoms with Crippen LogP contribution in [0.25, 0.3) is 0 Å². The van der Waals surface area contributed by atoms with Crippen LogP contribution in [0.3, 0.4) is 0 Å². The van der Waals surface area contributed by atoms with Crippen molar-refractivity contribution in [2.24, 2.45) is 0 Å². The van der Waals surface area contributed by atoms with Crippen molar-refractivity contribution in [1.29, 1.82) is 5.26 Å². The third-order valence-corrected chi connectivity index (χ3v) is 2.38. The summed E-state index contributed by atoms with van der Waals surface area (Å²) in [6.45, 7) is -0.262. The Morgan fingerprint density at radius 1 is 1.40 bits per heavy atom. The molecule has 0 aliphatic rings. The van der Waals surface area contributed by atoms with Gasteiger partial charge in [0.2, 0.25) is 0 Å². The quantitative estimate of drug-likeness (QED) is 0.666. The summed E-state index contributed by atoms with van der Waals surface area (Å²) in [5, 5.41) is 36.3. The van der Waals surface area contributed by atoms with E-state index in [9.17, 15) is 5.11 Å². The minimum Gasteiger partial charge on any atom is -0.392 e. The third-order valence-electron chi connectivity index (χ3n) is 2.01. The molecule has 2 atom stereocenters. The van der Waals surface area contributed by atoms with Gasteiger partial charge in [-0.1, -0.05) is 17.7 Å². The molecule has 1 aromatic rings. The van der Waals surface area contributed by atoms with E-state index in [2.05, 4.69) is 0 Å². The van der Waals surface area contributed by atoms with Crippen molar-refractivity contribution in [2.45, 2.75) is 18.8 Å². The van der Waals surface area contributed by atoms with Crippen molar-refractivity contribution < 1.29 is 15.3 Å². The van der Waals surface area contributed by atoms with Gasteiger partial charge in [-0.15, -0.1) is 0 Å². The van der Waals surface area contributed by atoms with Crippen LogP contribution in [0.2, 0.25) is 5.02 Å². The van der Waals surface area contributed by atoms with Gasteiger partial charge in [-0.05, 0) is 23.3 Å². The molecule has 0 heterocycles. The van der Waals surface area contributed by atoms with E-state index in [0.29, 0.717) is 16.1 Å². The maximum absolute atomic E-state index is 9.50. The number of benzene rings is 1. The van der Waals surface area contributed by atoms with Gasteiger partial charge in [0, 0.05) is 5.02 Å². The van der Waals surface area contributed by atoms with Crippen LogP contribution in [0.5, 0.6) is 0 Å². The van der Waals surface area contributed by atoms with Crippen molar-refractivity contribution in [3.63, 3.8) is 0 Å². The molecule has 80 valence electrons. The lowest BCUT2D eigenvalue weighted by molar-refractivity contribution is 0.0527. The van der Waals surface area contributed by atoms with Crippen LogP contribution in [0.15, 0.2) is 18.2 Å². The summed E-state index contributed by atoms with van der Waals surface area (Å²) in [7, 11) is 0. The normalized spacial score (nSPS) is 14.3. The molecular weight excluding hydrogens is 218 g/mol. The van der Waals surface area contributed by atoms with Gasteiger partial charge >= 0.3 is 0 Å². The average molecular weight is 228 g/mol. The summed E-state index contributed by atoms with van der Waals surface area (Å²) in [5.74, 6) is 0. The van der Waals surface area contributed by atoms with E-state index in [-0.39, 0.29) is 6.61 Å². The zero-order valence-electron chi connectivity index (χ0n) is 7.76. The summed E-state index contributed by atoms with van der Waals surface area (Å²) >= 11 is 5.75. The van der Waals surface area contributed by atoms with Gasteiger partial charge in [0.1, 0.15) is 6.10 Å². The molecule has 1 rings (SSSR count). The number of nitrogens with zero attached hydrogens (tertiary/aromatic N) is 1. The number of rotatable bonds is 3. The van der Waals surface area contributed by atoms with Gasteiger partial charge < -0.3 is 15.3 Å². The molecule has 0 aliphatic carbocycles. The summed E-state index contributed by atoms with van der Waals surface area (Å²) < 4.78 is 0. The molecule has 4 nitrogen and oxygen atoms in total. The molecule has 15 heavy (non-hydrogen) atoms. The monoisotopic (exact) mass is 227 g/mol. The Bertz CT molecular complexity index is 389. The van der Waals surface area contributed by atoms with E-state index in [1.54, 1.807) is 0 Å². The molecule has 0 saturated heterocycles. The van der Waals surface area contributed by atoms with Gasteiger partial charge in [0.05, 0.1) is 12.7 Å². The molecule has 1 aromatic carbocycles. The van der Waals surface area contributed by atoms with Crippen molar-refractivity contribution in [3.05, 3.63) is 34.3 Å². The molecule has 0 fully saturated rings. The number of nitriles is 1. The van der Waals surface area contributed by atoms with Crippen LogP contribution in [0, 0.1) is 11.3 Å². The summed E-state index contributed by atoms with van der Waals surface area (Å²) in [6, 6.07) is 5.97. The van der Waals surface area contributed by atoms with Crippen LogP contribution in [0.1, 0.15) is 17.2 Å². The fourth-order valence-corrected chi connectivity index (χ4v) is 1.33. The maximum atomic E-state index is 9.50. The highest BCUT2D eigenvalue weighted by Crippen LogP contribution is 2.23. The van der Waals surface area contributed by atoms with Gasteiger partial charge in [-0.25, -0.2) is 0 Å². The number of halogens is 1. The van der Waals surface area contributed by atoms with Crippen molar-refractivity contribution in [1.82, 2.24) is 0 Å². The highest BCUT2D eigenvalue weighted by atomic mass is 35.5. The molecule has 0 spiro atoms. The Balaban J connectivity index is 3.01. The van der Waals surface area contributed by atoms with E-state index in [1.807, 2.05) is 0 Å². The minimum atomic E-state index is -1.49. The van der Waals surface area contributed by atoms with Crippen LogP contribution in [0.4, 0.5) is 0 Å². The first-order valence-electron chi connectivity index (χ1n) is 4.25. The van der Waals surface area contributed by atoms with Crippen LogP contribution in [-0.4, -0.2) is 21.4 Å². The topological polar surface area (TPSA) is 84.5 Å². The van der Waals surface area contributed by atoms with E-state index >= 15 is 0 Å². The zero-order valence-corrected chi connectivity index (χ0v) is 8.52. The van der Waals surface area contributed by atoms with E-state index in [4.69, 9.17) is 27.1 Å². The Hall–Kier alpha value is -1.12. The lowest BCUT2D eigenvalue weighted by Gasteiger charge is -2.13. The van der Waals surface area contributed by atoms with Crippen molar-refractivity contribution >= 4 is 11.6 Å². The first-order valence-corrected chi connectivity index (χ1v) is 4.63. The second-order valence-corrected chi connectivity index (χ2v) is 3.43. The highest BCUT2D eigenvalue weighted by Gasteiger charge is 2.18. The maximum Gasteiger partial charge on any atom is 0.170 e. The van der Waals surface area contributed by atoms with Gasteiger partial charge in [-0.2, -0.15) is 5.26 Å². The Morgan fingerprint density at radius 3 is 2.60 bits per heavy atom. The standard InChI is InChI=1S/C10H10ClNO3/c11-8-2-1-6(3-7(8)5-13)10(15)9(14)4-12/h1-3,9-10,13-15H,5H2. The first kappa shape index (κ1) is 12.0. The molecule has 3 N–H and O–H groups in total. The number of hydrogen-bond acceptors (Lipinski definition) is 4. The highest BCUT2D eigenvalue weighted by molar-refractivity contribution is 6.31. The second kappa shape index (κ2) is 5.10. The lowest BCUT2D eigenvalue weighted by Crippen LogP contribution is -2.15. The molecule has 5 heteroatoms. The summed E-state index contributed by atoms with van der Waals surface area (Å²) in [6.07, 6.45) is -2.78. The Labute approximate surface area is 92.0 Å². The fourth-order valence-electron chi connectivity index (χ4n) is 1.15. The molecule has 0 aliphatic heterocycles. The second-order valence-electron chi connectivity index (χ2n) is 3.03. The number of aliphatic hydroxyl groups excluding tert-OH is 3. The summed E-state index contributed by atoms with van der Waals surface area (Å²) in [4.78, 5) is 0. The lowest BCUT2D eigenvalue weighted by atomic mass is 10.0. The SMILES string of the molecule is N#CC(O)C(O)c1ccc(Cl)c(CO)c1. The van der Waals surface area contributed by atoms with Gasteiger partial charge in [0.25, 0.3) is 0 Å². The molecule has 0 amide bonds. The molecular formula is C10H10ClNO3. The van der Waals surface area contributed by atoms with Crippen LogP contribution >= 0.6 is 11.6 Å². The molecule has 0 aromatic heterocycles. The molecule has 0 saturated carbocycles. The third kappa shape index (κ3) is 2.67. The zero-order chi connectivity index (χ0) is 11.4.